The fourth-order valence-electron chi connectivity index (χ4n) is 9.57. The molecule has 3 aliphatic rings. The number of ether oxygens (including phenoxy) is 2. The summed E-state index contributed by atoms with van der Waals surface area (Å²) in [6, 6.07) is 31.6. The van der Waals surface area contributed by atoms with E-state index in [4.69, 9.17) is 23.9 Å². The lowest BCUT2D eigenvalue weighted by Crippen LogP contribution is -2.71. The van der Waals surface area contributed by atoms with E-state index in [2.05, 4.69) is 147 Å². The van der Waals surface area contributed by atoms with Crippen molar-refractivity contribution < 1.29 is 23.8 Å². The first kappa shape index (κ1) is 42.8. The smallest absolute Gasteiger partial charge is 0.407 e. The predicted octanol–water partition coefficient (Wildman–Crippen LogP) is 6.30. The zero-order valence-corrected chi connectivity index (χ0v) is 37.0. The summed E-state index contributed by atoms with van der Waals surface area (Å²) >= 11 is 0. The number of piperazine rings is 1. The fraction of sp³-hybridized carbons (Fsp3) is 0.511. The number of hydrogen-bond acceptors (Lipinski definition) is 9. The molecule has 0 bridgehead atoms. The molecule has 0 radical (unpaired) electrons. The van der Waals surface area contributed by atoms with E-state index in [-0.39, 0.29) is 11.1 Å². The molecule has 2 fully saturated rings. The van der Waals surface area contributed by atoms with E-state index in [0.29, 0.717) is 38.9 Å². The van der Waals surface area contributed by atoms with Gasteiger partial charge in [-0.05, 0) is 39.2 Å². The van der Waals surface area contributed by atoms with Crippen LogP contribution in [0.2, 0.25) is 5.04 Å². The van der Waals surface area contributed by atoms with E-state index in [1.165, 1.54) is 15.9 Å². The molecule has 2 unspecified atom stereocenters. The molecule has 1 aromatic heterocycles. The molecule has 1 N–H and O–H groups in total. The normalized spacial score (nSPS) is 19.7. The number of morpholine rings is 1. The molecule has 59 heavy (non-hydrogen) atoms. The van der Waals surface area contributed by atoms with Gasteiger partial charge in [-0.2, -0.15) is 9.97 Å². The maximum Gasteiger partial charge on any atom is 0.407 e. The number of benzene rings is 3. The molecular formula is C47H64N6O5Si. The summed E-state index contributed by atoms with van der Waals surface area (Å²) < 4.78 is 19.7. The number of nitrogens with zero attached hydrogens (tertiary/aromatic N) is 6. The number of anilines is 1. The Balaban J connectivity index is 1.29. The molecule has 2 atom stereocenters. The summed E-state index contributed by atoms with van der Waals surface area (Å²) in [5, 5.41) is 12.9. The Morgan fingerprint density at radius 2 is 1.44 bits per heavy atom. The lowest BCUT2D eigenvalue weighted by atomic mass is 9.79. The molecule has 316 valence electrons. The van der Waals surface area contributed by atoms with Gasteiger partial charge in [0.15, 0.2) is 0 Å². The van der Waals surface area contributed by atoms with Crippen molar-refractivity contribution >= 4 is 30.6 Å². The van der Waals surface area contributed by atoms with Crippen LogP contribution >= 0.6 is 0 Å². The van der Waals surface area contributed by atoms with E-state index >= 15 is 0 Å². The number of carboxylic acid groups (broad SMARTS) is 1. The molecule has 1 amide bonds. The van der Waals surface area contributed by atoms with Gasteiger partial charge in [-0.1, -0.05) is 133 Å². The average molecular weight is 821 g/mol. The number of amides is 1. The second kappa shape index (κ2) is 18.5. The third kappa shape index (κ3) is 9.68. The highest BCUT2D eigenvalue weighted by molar-refractivity contribution is 6.99. The molecule has 0 saturated carbocycles. The summed E-state index contributed by atoms with van der Waals surface area (Å²) in [7, 11) is -2.99. The van der Waals surface area contributed by atoms with Crippen LogP contribution in [0, 0.1) is 5.41 Å². The second-order valence-electron chi connectivity index (χ2n) is 18.4. The third-order valence-corrected chi connectivity index (χ3v) is 17.3. The molecule has 11 nitrogen and oxygen atoms in total. The van der Waals surface area contributed by atoms with Crippen molar-refractivity contribution in [1.82, 2.24) is 24.7 Å². The van der Waals surface area contributed by atoms with Gasteiger partial charge in [-0.15, -0.1) is 0 Å². The second-order valence-corrected chi connectivity index (χ2v) is 22.7. The first-order valence-electron chi connectivity index (χ1n) is 21.5. The SMILES string of the molecule is CC(C)(C)C1C(CO[Si](c2ccccc2)(c2ccccc2)C(C)(C)C)N(c2nc(OCCCN3CCOCC3)nc3c2CCN(Cc2ccccc2)C3)CCN1C(=O)O. The Kier molecular flexibility index (Phi) is 13.4. The minimum Gasteiger partial charge on any atom is -0.465 e. The van der Waals surface area contributed by atoms with Crippen molar-refractivity contribution in [2.24, 2.45) is 5.41 Å². The van der Waals surface area contributed by atoms with E-state index in [0.717, 1.165) is 75.9 Å². The van der Waals surface area contributed by atoms with Crippen LogP contribution in [-0.2, 0) is 28.7 Å². The van der Waals surface area contributed by atoms with Gasteiger partial charge in [0.25, 0.3) is 8.32 Å². The van der Waals surface area contributed by atoms with Gasteiger partial charge in [-0.25, -0.2) is 4.79 Å². The van der Waals surface area contributed by atoms with Crippen LogP contribution in [0.1, 0.15) is 64.8 Å². The van der Waals surface area contributed by atoms with E-state index in [1.54, 1.807) is 4.90 Å². The van der Waals surface area contributed by atoms with Gasteiger partial charge in [0.2, 0.25) is 0 Å². The van der Waals surface area contributed by atoms with Crippen LogP contribution in [0.25, 0.3) is 0 Å². The van der Waals surface area contributed by atoms with E-state index in [9.17, 15) is 9.90 Å². The van der Waals surface area contributed by atoms with Gasteiger partial charge < -0.3 is 28.8 Å². The first-order chi connectivity index (χ1) is 28.3. The Labute approximate surface area is 352 Å². The number of aromatic nitrogens is 2. The summed E-state index contributed by atoms with van der Waals surface area (Å²) in [6.07, 6.45) is 0.718. The standard InChI is InChI=1S/C47H64N6O5Si/c1-46(2,3)42-41(35-58-59(47(4,5)6,37-19-12-8-13-20-37)38-21-14-9-15-22-38)52(26-27-53(42)45(54)55)43-39-23-25-51(33-36-17-10-7-11-18-36)34-40(39)48-44(49-43)57-30-16-24-50-28-31-56-32-29-50/h7-15,17-22,41-42H,16,23-35H2,1-6H3,(H,54,55). The zero-order chi connectivity index (χ0) is 41.6. The highest BCUT2D eigenvalue weighted by Gasteiger charge is 2.53. The maximum absolute atomic E-state index is 13.2. The summed E-state index contributed by atoms with van der Waals surface area (Å²) in [4.78, 5) is 32.4. The Morgan fingerprint density at radius 1 is 0.814 bits per heavy atom. The van der Waals surface area contributed by atoms with E-state index < -0.39 is 25.9 Å². The molecule has 12 heteroatoms. The number of carbonyl (C=O) groups is 1. The Bertz CT molecular complexity index is 1930. The minimum atomic E-state index is -2.99. The van der Waals surface area contributed by atoms with Crippen molar-refractivity contribution in [2.45, 2.75) is 84.6 Å². The fourth-order valence-corrected chi connectivity index (χ4v) is 14.1. The van der Waals surface area contributed by atoms with Crippen LogP contribution < -0.4 is 20.0 Å². The molecule has 0 spiro atoms. The van der Waals surface area contributed by atoms with Crippen LogP contribution in [0.4, 0.5) is 10.6 Å². The highest BCUT2D eigenvalue weighted by Crippen LogP contribution is 2.41. The molecular weight excluding hydrogens is 757 g/mol. The minimum absolute atomic E-state index is 0.253. The Hall–Kier alpha value is -4.33. The molecule has 3 aromatic carbocycles. The largest absolute Gasteiger partial charge is 0.465 e. The van der Waals surface area contributed by atoms with Crippen molar-refractivity contribution in [3.8, 4) is 6.01 Å². The number of rotatable bonds is 13. The summed E-state index contributed by atoms with van der Waals surface area (Å²) in [5.41, 5.74) is 2.93. The van der Waals surface area contributed by atoms with Gasteiger partial charge in [0.1, 0.15) is 5.82 Å². The number of hydrogen-bond donors (Lipinski definition) is 1. The monoisotopic (exact) mass is 820 g/mol. The van der Waals surface area contributed by atoms with Crippen molar-refractivity contribution in [1.29, 1.82) is 0 Å². The van der Waals surface area contributed by atoms with Gasteiger partial charge in [0, 0.05) is 57.9 Å². The van der Waals surface area contributed by atoms with E-state index in [1.807, 2.05) is 0 Å². The topological polar surface area (TPSA) is 104 Å². The van der Waals surface area contributed by atoms with Crippen LogP contribution in [0.3, 0.4) is 0 Å². The van der Waals surface area contributed by atoms with Crippen molar-refractivity contribution in [3.05, 3.63) is 108 Å². The summed E-state index contributed by atoms with van der Waals surface area (Å²) in [5.74, 6) is 0.841. The van der Waals surface area contributed by atoms with Crippen molar-refractivity contribution in [2.75, 3.05) is 70.6 Å². The highest BCUT2D eigenvalue weighted by atomic mass is 28.4. The van der Waals surface area contributed by atoms with Gasteiger partial charge >= 0.3 is 12.1 Å². The van der Waals surface area contributed by atoms with Crippen LogP contribution in [0.15, 0.2) is 91.0 Å². The quantitative estimate of drug-likeness (QED) is 0.122. The Morgan fingerprint density at radius 3 is 2.03 bits per heavy atom. The van der Waals surface area contributed by atoms with Crippen LogP contribution in [-0.4, -0.2) is 122 Å². The number of fused-ring (bicyclic) bond motifs is 1. The zero-order valence-electron chi connectivity index (χ0n) is 36.0. The average Bonchev–Trinajstić information content (AvgIpc) is 3.22. The summed E-state index contributed by atoms with van der Waals surface area (Å²) in [6.45, 7) is 21.6. The van der Waals surface area contributed by atoms with Crippen LogP contribution in [0.5, 0.6) is 6.01 Å². The van der Waals surface area contributed by atoms with Gasteiger partial charge in [-0.3, -0.25) is 9.80 Å². The molecule has 7 rings (SSSR count). The third-order valence-electron chi connectivity index (χ3n) is 12.3. The lowest BCUT2D eigenvalue weighted by Gasteiger charge is -2.53. The molecule has 4 aromatic rings. The first-order valence-corrected chi connectivity index (χ1v) is 23.4. The maximum atomic E-state index is 13.2. The van der Waals surface area contributed by atoms with Crippen molar-refractivity contribution in [3.63, 3.8) is 0 Å². The molecule has 4 heterocycles. The predicted molar refractivity (Wildman–Crippen MR) is 236 cm³/mol. The lowest BCUT2D eigenvalue weighted by molar-refractivity contribution is 0.0356. The molecule has 3 aliphatic heterocycles. The molecule has 0 aliphatic carbocycles. The van der Waals surface area contributed by atoms with Gasteiger partial charge in [0.05, 0.1) is 44.2 Å². The molecule has 2 saturated heterocycles.